The van der Waals surface area contributed by atoms with Gasteiger partial charge in [-0.05, 0) is 30.0 Å². The molecule has 0 amide bonds. The van der Waals surface area contributed by atoms with Crippen LogP contribution in [0.25, 0.3) is 11.1 Å². The van der Waals surface area contributed by atoms with Crippen LogP contribution in [-0.2, 0) is 11.8 Å². The zero-order valence-corrected chi connectivity index (χ0v) is 15.5. The first-order valence-corrected chi connectivity index (χ1v) is 9.31. The van der Waals surface area contributed by atoms with Gasteiger partial charge in [-0.1, -0.05) is 60.7 Å². The summed E-state index contributed by atoms with van der Waals surface area (Å²) in [5.41, 5.74) is 6.44. The molecule has 0 saturated heterocycles. The molecule has 0 spiro atoms. The van der Waals surface area contributed by atoms with E-state index >= 15 is 0 Å². The van der Waals surface area contributed by atoms with Crippen molar-refractivity contribution in [2.75, 3.05) is 6.61 Å². The van der Waals surface area contributed by atoms with Gasteiger partial charge in [-0.3, -0.25) is 0 Å². The van der Waals surface area contributed by atoms with Gasteiger partial charge in [0.05, 0.1) is 5.41 Å². The quantitative estimate of drug-likeness (QED) is 0.485. The molecule has 0 saturated carbocycles. The van der Waals surface area contributed by atoms with Crippen LogP contribution in [0.2, 0.25) is 0 Å². The Morgan fingerprint density at radius 2 is 1.52 bits per heavy atom. The Morgan fingerprint density at radius 3 is 2.15 bits per heavy atom. The van der Waals surface area contributed by atoms with Crippen LogP contribution in [0.3, 0.4) is 0 Å². The number of fused-ring (bicyclic) bond motifs is 2. The lowest BCUT2D eigenvalue weighted by molar-refractivity contribution is 0.214. The number of hydrogen-bond donors (Lipinski definition) is 0. The molecule has 0 unspecified atom stereocenters. The lowest BCUT2D eigenvalue weighted by atomic mass is 9.69. The number of ether oxygens (including phenoxy) is 1. The van der Waals surface area contributed by atoms with Gasteiger partial charge in [0.25, 0.3) is 0 Å². The minimum Gasteiger partial charge on any atom is -0.492 e. The van der Waals surface area contributed by atoms with Crippen molar-refractivity contribution in [3.05, 3.63) is 94.9 Å². The van der Waals surface area contributed by atoms with Gasteiger partial charge in [-0.15, -0.1) is 0 Å². The Balaban J connectivity index is 1.73. The predicted octanol–water partition coefficient (Wildman–Crippen LogP) is 5.37. The second-order valence-corrected chi connectivity index (χ2v) is 7.34. The number of benzene rings is 3. The van der Waals surface area contributed by atoms with Crippen molar-refractivity contribution in [2.24, 2.45) is 0 Å². The van der Waals surface area contributed by atoms with E-state index in [4.69, 9.17) is 9.15 Å². The number of aromatic nitrogens is 1. The van der Waals surface area contributed by atoms with Crippen molar-refractivity contribution in [2.45, 2.75) is 25.7 Å². The third kappa shape index (κ3) is 2.46. The summed E-state index contributed by atoms with van der Waals surface area (Å²) < 4.78 is 12.1. The lowest BCUT2D eigenvalue weighted by Gasteiger charge is -2.39. The van der Waals surface area contributed by atoms with Gasteiger partial charge >= 0.3 is 0 Å². The van der Waals surface area contributed by atoms with Gasteiger partial charge in [0.1, 0.15) is 17.9 Å². The fraction of sp³-hybridized carbons (Fsp3) is 0.208. The third-order valence-corrected chi connectivity index (χ3v) is 5.73. The number of hydrogen-bond acceptors (Lipinski definition) is 3. The first-order chi connectivity index (χ1) is 13.2. The maximum atomic E-state index is 6.36. The molecule has 0 aliphatic carbocycles. The Kier molecular flexibility index (Phi) is 3.57. The summed E-state index contributed by atoms with van der Waals surface area (Å²) in [6, 6.07) is 23.4. The Bertz CT molecular complexity index is 1070. The SMILES string of the molecule is Cc1nc2c(C)c3c(cc2o1)OCC(c1ccccc1)(c1ccccc1)C3. The average Bonchev–Trinajstić information content (AvgIpc) is 3.10. The minimum absolute atomic E-state index is 0.216. The van der Waals surface area contributed by atoms with Crippen LogP contribution in [0.1, 0.15) is 28.1 Å². The van der Waals surface area contributed by atoms with Crippen LogP contribution in [0.15, 0.2) is 71.1 Å². The second-order valence-electron chi connectivity index (χ2n) is 7.34. The summed E-state index contributed by atoms with van der Waals surface area (Å²) in [4.78, 5) is 4.59. The normalized spacial score (nSPS) is 15.3. The molecular formula is C24H21NO2. The highest BCUT2D eigenvalue weighted by Gasteiger charge is 2.40. The first kappa shape index (κ1) is 16.1. The largest absolute Gasteiger partial charge is 0.492 e. The van der Waals surface area contributed by atoms with Crippen LogP contribution < -0.4 is 4.74 Å². The van der Waals surface area contributed by atoms with Crippen molar-refractivity contribution >= 4 is 11.1 Å². The Labute approximate surface area is 158 Å². The smallest absolute Gasteiger partial charge is 0.192 e. The summed E-state index contributed by atoms with van der Waals surface area (Å²) >= 11 is 0. The topological polar surface area (TPSA) is 35.3 Å². The standard InChI is InChI=1S/C24H21NO2/c1-16-20-14-24(18-9-5-3-6-10-18,19-11-7-4-8-12-19)15-26-21(20)13-22-23(16)25-17(2)27-22/h3-13H,14-15H2,1-2H3. The molecule has 0 N–H and O–H groups in total. The number of aryl methyl sites for hydroxylation is 2. The second kappa shape index (κ2) is 5.98. The van der Waals surface area contributed by atoms with Crippen molar-refractivity contribution in [3.63, 3.8) is 0 Å². The van der Waals surface area contributed by atoms with E-state index < -0.39 is 0 Å². The van der Waals surface area contributed by atoms with Gasteiger partial charge in [0, 0.05) is 18.6 Å². The van der Waals surface area contributed by atoms with Crippen LogP contribution in [0.4, 0.5) is 0 Å². The van der Waals surface area contributed by atoms with E-state index in [1.165, 1.54) is 16.7 Å². The van der Waals surface area contributed by atoms with E-state index in [2.05, 4.69) is 72.6 Å². The number of oxazole rings is 1. The molecule has 5 rings (SSSR count). The van der Waals surface area contributed by atoms with E-state index in [0.717, 1.165) is 28.8 Å². The van der Waals surface area contributed by atoms with Crippen LogP contribution >= 0.6 is 0 Å². The maximum absolute atomic E-state index is 6.36. The number of nitrogens with zero attached hydrogens (tertiary/aromatic N) is 1. The molecule has 3 nitrogen and oxygen atoms in total. The molecule has 134 valence electrons. The molecule has 0 bridgehead atoms. The number of rotatable bonds is 2. The van der Waals surface area contributed by atoms with Crippen LogP contribution in [0, 0.1) is 13.8 Å². The molecular weight excluding hydrogens is 334 g/mol. The van der Waals surface area contributed by atoms with Crippen molar-refractivity contribution in [1.82, 2.24) is 4.98 Å². The monoisotopic (exact) mass is 355 g/mol. The van der Waals surface area contributed by atoms with Gasteiger partial charge in [0.15, 0.2) is 11.5 Å². The van der Waals surface area contributed by atoms with Gasteiger partial charge in [0.2, 0.25) is 0 Å². The fourth-order valence-corrected chi connectivity index (χ4v) is 4.30. The molecule has 3 heteroatoms. The lowest BCUT2D eigenvalue weighted by Crippen LogP contribution is -2.40. The molecule has 1 aromatic heterocycles. The average molecular weight is 355 g/mol. The van der Waals surface area contributed by atoms with Gasteiger partial charge in [-0.25, -0.2) is 4.98 Å². The summed E-state index contributed by atoms with van der Waals surface area (Å²) in [7, 11) is 0. The Morgan fingerprint density at radius 1 is 0.889 bits per heavy atom. The highest BCUT2D eigenvalue weighted by molar-refractivity contribution is 5.81. The van der Waals surface area contributed by atoms with Gasteiger partial charge < -0.3 is 9.15 Å². The first-order valence-electron chi connectivity index (χ1n) is 9.31. The molecule has 1 aliphatic rings. The molecule has 3 aromatic carbocycles. The highest BCUT2D eigenvalue weighted by Crippen LogP contribution is 2.44. The van der Waals surface area contributed by atoms with Crippen LogP contribution in [-0.4, -0.2) is 11.6 Å². The predicted molar refractivity (Wildman–Crippen MR) is 106 cm³/mol. The third-order valence-electron chi connectivity index (χ3n) is 5.73. The zero-order valence-electron chi connectivity index (χ0n) is 15.5. The molecule has 4 aromatic rings. The summed E-state index contributed by atoms with van der Waals surface area (Å²) in [6.07, 6.45) is 0.879. The summed E-state index contributed by atoms with van der Waals surface area (Å²) in [5.74, 6) is 1.60. The Hall–Kier alpha value is -3.07. The van der Waals surface area contributed by atoms with Crippen molar-refractivity contribution in [1.29, 1.82) is 0 Å². The summed E-state index contributed by atoms with van der Waals surface area (Å²) in [5, 5.41) is 0. The van der Waals surface area contributed by atoms with E-state index in [9.17, 15) is 0 Å². The highest BCUT2D eigenvalue weighted by atomic mass is 16.5. The van der Waals surface area contributed by atoms with E-state index in [-0.39, 0.29) is 5.41 Å². The van der Waals surface area contributed by atoms with E-state index in [1.807, 2.05) is 13.0 Å². The van der Waals surface area contributed by atoms with Crippen molar-refractivity contribution in [3.8, 4) is 5.75 Å². The molecule has 0 radical (unpaired) electrons. The maximum Gasteiger partial charge on any atom is 0.192 e. The van der Waals surface area contributed by atoms with E-state index in [0.29, 0.717) is 12.5 Å². The van der Waals surface area contributed by atoms with Crippen molar-refractivity contribution < 1.29 is 9.15 Å². The minimum atomic E-state index is -0.216. The molecule has 27 heavy (non-hydrogen) atoms. The zero-order chi connectivity index (χ0) is 18.4. The van der Waals surface area contributed by atoms with Crippen LogP contribution in [0.5, 0.6) is 5.75 Å². The molecule has 2 heterocycles. The molecule has 0 atom stereocenters. The van der Waals surface area contributed by atoms with E-state index in [1.54, 1.807) is 0 Å². The molecule has 1 aliphatic heterocycles. The summed E-state index contributed by atoms with van der Waals surface area (Å²) in [6.45, 7) is 4.61. The molecule has 0 fully saturated rings. The van der Waals surface area contributed by atoms with Gasteiger partial charge in [-0.2, -0.15) is 0 Å². The fourth-order valence-electron chi connectivity index (χ4n) is 4.30.